The molecule has 2 aliphatic rings. The first-order chi connectivity index (χ1) is 11.4. The lowest BCUT2D eigenvalue weighted by atomic mass is 10.0. The Morgan fingerprint density at radius 2 is 1.58 bits per heavy atom. The molecule has 2 heterocycles. The Morgan fingerprint density at radius 1 is 0.917 bits per heavy atom. The fraction of sp³-hybridized carbons (Fsp3) is 0.700. The SMILES string of the molecule is CC(C)(C)N1CCN(Cc2ccc(Br)cc2N2CCCCC2)CC1. The van der Waals surface area contributed by atoms with E-state index < -0.39 is 0 Å². The lowest BCUT2D eigenvalue weighted by Gasteiger charge is -2.42. The van der Waals surface area contributed by atoms with Crippen molar-refractivity contribution in [2.24, 2.45) is 0 Å². The summed E-state index contributed by atoms with van der Waals surface area (Å²) in [7, 11) is 0. The number of anilines is 1. The highest BCUT2D eigenvalue weighted by Gasteiger charge is 2.26. The Hall–Kier alpha value is -0.580. The number of benzene rings is 1. The molecule has 4 heteroatoms. The van der Waals surface area contributed by atoms with Crippen molar-refractivity contribution >= 4 is 21.6 Å². The highest BCUT2D eigenvalue weighted by molar-refractivity contribution is 9.10. The summed E-state index contributed by atoms with van der Waals surface area (Å²) in [6.45, 7) is 15.2. The molecule has 0 aromatic heterocycles. The third-order valence-corrected chi connectivity index (χ3v) is 5.95. The normalized spacial score (nSPS) is 21.2. The minimum absolute atomic E-state index is 0.294. The van der Waals surface area contributed by atoms with Crippen molar-refractivity contribution in [2.45, 2.75) is 52.1 Å². The summed E-state index contributed by atoms with van der Waals surface area (Å²) >= 11 is 3.67. The molecule has 3 rings (SSSR count). The van der Waals surface area contributed by atoms with Gasteiger partial charge in [-0.2, -0.15) is 0 Å². The van der Waals surface area contributed by atoms with Gasteiger partial charge in [0.1, 0.15) is 0 Å². The molecule has 24 heavy (non-hydrogen) atoms. The van der Waals surface area contributed by atoms with E-state index in [0.717, 1.165) is 6.54 Å². The molecule has 0 radical (unpaired) electrons. The number of rotatable bonds is 3. The maximum absolute atomic E-state index is 3.67. The number of nitrogens with zero attached hydrogens (tertiary/aromatic N) is 3. The van der Waals surface area contributed by atoms with Crippen molar-refractivity contribution in [3.63, 3.8) is 0 Å². The second-order valence-electron chi connectivity index (χ2n) is 8.25. The third kappa shape index (κ3) is 4.53. The van der Waals surface area contributed by atoms with E-state index in [9.17, 15) is 0 Å². The molecular weight excluding hydrogens is 362 g/mol. The predicted molar refractivity (Wildman–Crippen MR) is 107 cm³/mol. The molecule has 3 nitrogen and oxygen atoms in total. The van der Waals surface area contributed by atoms with Gasteiger partial charge in [-0.1, -0.05) is 22.0 Å². The van der Waals surface area contributed by atoms with E-state index >= 15 is 0 Å². The van der Waals surface area contributed by atoms with E-state index in [1.54, 1.807) is 0 Å². The molecule has 2 fully saturated rings. The van der Waals surface area contributed by atoms with E-state index in [2.05, 4.69) is 69.6 Å². The van der Waals surface area contributed by atoms with Crippen LogP contribution in [-0.2, 0) is 6.54 Å². The van der Waals surface area contributed by atoms with Gasteiger partial charge in [0, 0.05) is 61.5 Å². The quantitative estimate of drug-likeness (QED) is 0.755. The van der Waals surface area contributed by atoms with Gasteiger partial charge in [-0.05, 0) is 57.7 Å². The predicted octanol–water partition coefficient (Wildman–Crippen LogP) is 4.36. The number of hydrogen-bond donors (Lipinski definition) is 0. The highest BCUT2D eigenvalue weighted by Crippen LogP contribution is 2.29. The maximum Gasteiger partial charge on any atom is 0.0423 e. The number of hydrogen-bond acceptors (Lipinski definition) is 3. The summed E-state index contributed by atoms with van der Waals surface area (Å²) in [6.07, 6.45) is 4.04. The molecule has 2 aliphatic heterocycles. The molecule has 0 spiro atoms. The van der Waals surface area contributed by atoms with Gasteiger partial charge in [0.25, 0.3) is 0 Å². The number of piperazine rings is 1. The van der Waals surface area contributed by atoms with Gasteiger partial charge in [0.15, 0.2) is 0 Å². The fourth-order valence-electron chi connectivity index (χ4n) is 3.92. The molecule has 0 aliphatic carbocycles. The van der Waals surface area contributed by atoms with Gasteiger partial charge >= 0.3 is 0 Å². The molecule has 0 atom stereocenters. The van der Waals surface area contributed by atoms with Crippen LogP contribution in [0.25, 0.3) is 0 Å². The zero-order chi connectivity index (χ0) is 17.2. The summed E-state index contributed by atoms with van der Waals surface area (Å²) in [6, 6.07) is 6.85. The minimum Gasteiger partial charge on any atom is -0.371 e. The van der Waals surface area contributed by atoms with E-state index in [0.29, 0.717) is 5.54 Å². The summed E-state index contributed by atoms with van der Waals surface area (Å²) in [5.41, 5.74) is 3.23. The molecule has 0 N–H and O–H groups in total. The molecule has 0 bridgehead atoms. The second kappa shape index (κ2) is 7.76. The summed E-state index contributed by atoms with van der Waals surface area (Å²) in [5.74, 6) is 0. The van der Waals surface area contributed by atoms with E-state index in [-0.39, 0.29) is 0 Å². The maximum atomic E-state index is 3.67. The Labute approximate surface area is 156 Å². The molecule has 1 aromatic rings. The molecular formula is C20H32BrN3. The van der Waals surface area contributed by atoms with Gasteiger partial charge < -0.3 is 4.90 Å². The lowest BCUT2D eigenvalue weighted by molar-refractivity contribution is 0.0591. The Kier molecular flexibility index (Phi) is 5.89. The third-order valence-electron chi connectivity index (χ3n) is 5.46. The van der Waals surface area contributed by atoms with E-state index in [1.165, 1.54) is 74.3 Å². The van der Waals surface area contributed by atoms with Gasteiger partial charge in [0.2, 0.25) is 0 Å². The first-order valence-corrected chi connectivity index (χ1v) is 10.2. The van der Waals surface area contributed by atoms with Gasteiger partial charge in [-0.25, -0.2) is 0 Å². The van der Waals surface area contributed by atoms with Crippen LogP contribution in [-0.4, -0.2) is 54.6 Å². The van der Waals surface area contributed by atoms with Crippen molar-refractivity contribution < 1.29 is 0 Å². The standard InChI is InChI=1S/C20H32BrN3/c1-20(2,3)24-13-11-22(12-14-24)16-17-7-8-18(21)15-19(17)23-9-5-4-6-10-23/h7-8,15H,4-6,9-14,16H2,1-3H3. The first-order valence-electron chi connectivity index (χ1n) is 9.44. The van der Waals surface area contributed by atoms with Crippen molar-refractivity contribution in [1.29, 1.82) is 0 Å². The van der Waals surface area contributed by atoms with Crippen LogP contribution < -0.4 is 4.90 Å². The summed E-state index contributed by atoms with van der Waals surface area (Å²) < 4.78 is 1.20. The van der Waals surface area contributed by atoms with Crippen LogP contribution in [0.3, 0.4) is 0 Å². The smallest absolute Gasteiger partial charge is 0.0423 e. The van der Waals surface area contributed by atoms with Crippen LogP contribution >= 0.6 is 15.9 Å². The Balaban J connectivity index is 1.67. The van der Waals surface area contributed by atoms with Crippen LogP contribution in [0.2, 0.25) is 0 Å². The van der Waals surface area contributed by atoms with Crippen LogP contribution in [0.1, 0.15) is 45.6 Å². The van der Waals surface area contributed by atoms with E-state index in [4.69, 9.17) is 0 Å². The monoisotopic (exact) mass is 393 g/mol. The van der Waals surface area contributed by atoms with Crippen molar-refractivity contribution in [3.8, 4) is 0 Å². The molecule has 0 unspecified atom stereocenters. The average molecular weight is 394 g/mol. The molecule has 134 valence electrons. The molecule has 1 aromatic carbocycles. The summed E-state index contributed by atoms with van der Waals surface area (Å²) in [4.78, 5) is 7.82. The number of halogens is 1. The van der Waals surface area contributed by atoms with Gasteiger partial charge in [-0.3, -0.25) is 9.80 Å². The minimum atomic E-state index is 0.294. The number of piperidine rings is 1. The highest BCUT2D eigenvalue weighted by atomic mass is 79.9. The largest absolute Gasteiger partial charge is 0.371 e. The average Bonchev–Trinajstić information content (AvgIpc) is 2.57. The molecule has 2 saturated heterocycles. The topological polar surface area (TPSA) is 9.72 Å². The lowest BCUT2D eigenvalue weighted by Crippen LogP contribution is -2.53. The first kappa shape index (κ1) is 18.2. The Bertz CT molecular complexity index is 538. The zero-order valence-electron chi connectivity index (χ0n) is 15.5. The van der Waals surface area contributed by atoms with Gasteiger partial charge in [-0.15, -0.1) is 0 Å². The van der Waals surface area contributed by atoms with Crippen LogP contribution in [0, 0.1) is 0 Å². The fourth-order valence-corrected chi connectivity index (χ4v) is 4.27. The Morgan fingerprint density at radius 3 is 2.21 bits per heavy atom. The van der Waals surface area contributed by atoms with Crippen molar-refractivity contribution in [2.75, 3.05) is 44.2 Å². The molecule has 0 amide bonds. The van der Waals surface area contributed by atoms with Crippen LogP contribution in [0.5, 0.6) is 0 Å². The van der Waals surface area contributed by atoms with Crippen LogP contribution in [0.15, 0.2) is 22.7 Å². The van der Waals surface area contributed by atoms with Crippen molar-refractivity contribution in [1.82, 2.24) is 9.80 Å². The molecule has 0 saturated carbocycles. The van der Waals surface area contributed by atoms with Gasteiger partial charge in [0.05, 0.1) is 0 Å². The van der Waals surface area contributed by atoms with E-state index in [1.807, 2.05) is 0 Å². The van der Waals surface area contributed by atoms with Crippen molar-refractivity contribution in [3.05, 3.63) is 28.2 Å². The zero-order valence-corrected chi connectivity index (χ0v) is 17.1. The summed E-state index contributed by atoms with van der Waals surface area (Å²) in [5, 5.41) is 0. The second-order valence-corrected chi connectivity index (χ2v) is 9.17. The van der Waals surface area contributed by atoms with Crippen LogP contribution in [0.4, 0.5) is 5.69 Å².